The van der Waals surface area contributed by atoms with Gasteiger partial charge in [-0.1, -0.05) is 66.7 Å². The predicted molar refractivity (Wildman–Crippen MR) is 85.2 cm³/mol. The Morgan fingerprint density at radius 2 is 1.79 bits per heavy atom. The molecule has 19 heavy (non-hydrogen) atoms. The molecule has 0 radical (unpaired) electrons. The van der Waals surface area contributed by atoms with Gasteiger partial charge in [0.2, 0.25) is 0 Å². The first-order valence-corrected chi connectivity index (χ1v) is 8.68. The van der Waals surface area contributed by atoms with Crippen LogP contribution in [0.3, 0.4) is 0 Å². The van der Waals surface area contributed by atoms with Gasteiger partial charge in [-0.25, -0.2) is 0 Å². The van der Waals surface area contributed by atoms with Crippen molar-refractivity contribution in [1.29, 1.82) is 0 Å². The Kier molecular flexibility index (Phi) is 5.75. The molecule has 0 amide bonds. The monoisotopic (exact) mass is 324 g/mol. The van der Waals surface area contributed by atoms with Gasteiger partial charge in [0.1, 0.15) is 5.75 Å². The van der Waals surface area contributed by atoms with Crippen molar-refractivity contribution in [3.8, 4) is 5.75 Å². The molecule has 1 aromatic carbocycles. The van der Waals surface area contributed by atoms with Crippen LogP contribution < -0.4 is 4.74 Å². The van der Waals surface area contributed by atoms with Crippen LogP contribution in [-0.2, 0) is 6.42 Å². The van der Waals surface area contributed by atoms with Gasteiger partial charge in [0.05, 0.1) is 6.61 Å². The maximum absolute atomic E-state index is 6.19. The highest BCUT2D eigenvalue weighted by atomic mass is 79.9. The molecule has 0 bridgehead atoms. The molecule has 0 unspecified atom stereocenters. The SMILES string of the molecule is CCc1ccccc1OCC1(CBr)CCCCCC1. The van der Waals surface area contributed by atoms with E-state index in [-0.39, 0.29) is 0 Å². The van der Waals surface area contributed by atoms with E-state index in [1.54, 1.807) is 0 Å². The minimum absolute atomic E-state index is 0.345. The first kappa shape index (κ1) is 14.9. The number of halogens is 1. The van der Waals surface area contributed by atoms with Gasteiger partial charge in [0, 0.05) is 10.7 Å². The molecule has 0 spiro atoms. The summed E-state index contributed by atoms with van der Waals surface area (Å²) in [6, 6.07) is 8.45. The topological polar surface area (TPSA) is 9.23 Å². The van der Waals surface area contributed by atoms with Gasteiger partial charge in [-0.05, 0) is 30.9 Å². The Hall–Kier alpha value is -0.500. The van der Waals surface area contributed by atoms with Crippen molar-refractivity contribution >= 4 is 15.9 Å². The summed E-state index contributed by atoms with van der Waals surface area (Å²) >= 11 is 3.73. The molecule has 0 aromatic heterocycles. The van der Waals surface area contributed by atoms with Crippen LogP contribution in [-0.4, -0.2) is 11.9 Å². The molecule has 1 aromatic rings. The Morgan fingerprint density at radius 1 is 1.11 bits per heavy atom. The van der Waals surface area contributed by atoms with Crippen molar-refractivity contribution in [2.75, 3.05) is 11.9 Å². The second-order valence-corrected chi connectivity index (χ2v) is 6.36. The second-order valence-electron chi connectivity index (χ2n) is 5.80. The highest BCUT2D eigenvalue weighted by molar-refractivity contribution is 9.09. The Labute approximate surface area is 125 Å². The zero-order chi connectivity index (χ0) is 13.6. The molecular formula is C17H25BrO. The molecule has 0 atom stereocenters. The van der Waals surface area contributed by atoms with Crippen LogP contribution in [0.5, 0.6) is 5.75 Å². The van der Waals surface area contributed by atoms with Crippen LogP contribution in [0.2, 0.25) is 0 Å². The van der Waals surface area contributed by atoms with Crippen LogP contribution in [0.4, 0.5) is 0 Å². The van der Waals surface area contributed by atoms with Crippen molar-refractivity contribution in [3.05, 3.63) is 29.8 Å². The zero-order valence-corrected chi connectivity index (χ0v) is 13.5. The van der Waals surface area contributed by atoms with E-state index in [2.05, 4.69) is 47.1 Å². The third kappa shape index (κ3) is 3.98. The fraction of sp³-hybridized carbons (Fsp3) is 0.647. The number of para-hydroxylation sites is 1. The number of hydrogen-bond donors (Lipinski definition) is 0. The van der Waals surface area contributed by atoms with Crippen molar-refractivity contribution in [1.82, 2.24) is 0 Å². The summed E-state index contributed by atoms with van der Waals surface area (Å²) in [5.74, 6) is 1.08. The molecule has 1 fully saturated rings. The number of benzene rings is 1. The van der Waals surface area contributed by atoms with Gasteiger partial charge < -0.3 is 4.74 Å². The molecular weight excluding hydrogens is 300 g/mol. The fourth-order valence-electron chi connectivity index (χ4n) is 2.96. The van der Waals surface area contributed by atoms with E-state index in [0.29, 0.717) is 5.41 Å². The van der Waals surface area contributed by atoms with Crippen molar-refractivity contribution in [2.45, 2.75) is 51.9 Å². The maximum atomic E-state index is 6.19. The largest absolute Gasteiger partial charge is 0.493 e. The summed E-state index contributed by atoms with van der Waals surface area (Å²) in [7, 11) is 0. The third-order valence-electron chi connectivity index (χ3n) is 4.34. The summed E-state index contributed by atoms with van der Waals surface area (Å²) in [4.78, 5) is 0. The minimum Gasteiger partial charge on any atom is -0.493 e. The summed E-state index contributed by atoms with van der Waals surface area (Å²) in [6.07, 6.45) is 9.12. The third-order valence-corrected chi connectivity index (χ3v) is 5.52. The standard InChI is InChI=1S/C17H25BrO/c1-2-15-9-5-6-10-16(15)19-14-17(13-18)11-7-3-4-8-12-17/h5-6,9-10H,2-4,7-8,11-14H2,1H3. The molecule has 1 saturated carbocycles. The smallest absolute Gasteiger partial charge is 0.122 e. The first-order chi connectivity index (χ1) is 9.29. The average Bonchev–Trinajstić information content (AvgIpc) is 2.71. The van der Waals surface area contributed by atoms with E-state index in [4.69, 9.17) is 4.74 Å². The lowest BCUT2D eigenvalue weighted by atomic mass is 9.83. The summed E-state index contributed by atoms with van der Waals surface area (Å²) in [6.45, 7) is 3.05. The van der Waals surface area contributed by atoms with E-state index in [9.17, 15) is 0 Å². The highest BCUT2D eigenvalue weighted by Gasteiger charge is 2.30. The highest BCUT2D eigenvalue weighted by Crippen LogP contribution is 2.37. The minimum atomic E-state index is 0.345. The quantitative estimate of drug-likeness (QED) is 0.523. The van der Waals surface area contributed by atoms with E-state index < -0.39 is 0 Å². The van der Waals surface area contributed by atoms with Crippen LogP contribution in [0, 0.1) is 5.41 Å². The number of rotatable bonds is 5. The van der Waals surface area contributed by atoms with Gasteiger partial charge in [-0.2, -0.15) is 0 Å². The van der Waals surface area contributed by atoms with Crippen molar-refractivity contribution in [2.24, 2.45) is 5.41 Å². The van der Waals surface area contributed by atoms with E-state index >= 15 is 0 Å². The molecule has 2 heteroatoms. The molecule has 1 aliphatic rings. The van der Waals surface area contributed by atoms with Gasteiger partial charge >= 0.3 is 0 Å². The number of hydrogen-bond acceptors (Lipinski definition) is 1. The molecule has 1 aliphatic carbocycles. The number of aryl methyl sites for hydroxylation is 1. The Bertz CT molecular complexity index is 381. The van der Waals surface area contributed by atoms with Gasteiger partial charge in [-0.15, -0.1) is 0 Å². The van der Waals surface area contributed by atoms with Crippen molar-refractivity contribution < 1.29 is 4.74 Å². The predicted octanol–water partition coefficient (Wildman–Crippen LogP) is 5.36. The summed E-state index contributed by atoms with van der Waals surface area (Å²) in [5, 5.41) is 1.06. The number of alkyl halides is 1. The number of ether oxygens (including phenoxy) is 1. The first-order valence-electron chi connectivity index (χ1n) is 7.56. The van der Waals surface area contributed by atoms with E-state index in [0.717, 1.165) is 24.1 Å². The molecule has 0 saturated heterocycles. The lowest BCUT2D eigenvalue weighted by molar-refractivity contribution is 0.148. The van der Waals surface area contributed by atoms with E-state index in [1.807, 2.05) is 0 Å². The lowest BCUT2D eigenvalue weighted by Crippen LogP contribution is -2.30. The van der Waals surface area contributed by atoms with E-state index in [1.165, 1.54) is 44.1 Å². The normalized spacial score (nSPS) is 18.8. The fourth-order valence-corrected chi connectivity index (χ4v) is 3.69. The zero-order valence-electron chi connectivity index (χ0n) is 12.0. The molecule has 2 rings (SSSR count). The Balaban J connectivity index is 2.02. The van der Waals surface area contributed by atoms with Crippen LogP contribution >= 0.6 is 15.9 Å². The van der Waals surface area contributed by atoms with Gasteiger partial charge in [0.15, 0.2) is 0 Å². The van der Waals surface area contributed by atoms with Gasteiger partial charge in [-0.3, -0.25) is 0 Å². The van der Waals surface area contributed by atoms with Crippen LogP contribution in [0.1, 0.15) is 51.0 Å². The van der Waals surface area contributed by atoms with Crippen LogP contribution in [0.15, 0.2) is 24.3 Å². The molecule has 0 heterocycles. The summed E-state index contributed by atoms with van der Waals surface area (Å²) in [5.41, 5.74) is 1.66. The van der Waals surface area contributed by atoms with Gasteiger partial charge in [0.25, 0.3) is 0 Å². The maximum Gasteiger partial charge on any atom is 0.122 e. The average molecular weight is 325 g/mol. The molecule has 0 N–H and O–H groups in total. The van der Waals surface area contributed by atoms with Crippen LogP contribution in [0.25, 0.3) is 0 Å². The second kappa shape index (κ2) is 7.33. The summed E-state index contributed by atoms with van der Waals surface area (Å²) < 4.78 is 6.19. The molecule has 1 nitrogen and oxygen atoms in total. The molecule has 106 valence electrons. The lowest BCUT2D eigenvalue weighted by Gasteiger charge is -2.31. The molecule has 0 aliphatic heterocycles. The van der Waals surface area contributed by atoms with Crippen molar-refractivity contribution in [3.63, 3.8) is 0 Å². The Morgan fingerprint density at radius 3 is 2.42 bits per heavy atom.